The summed E-state index contributed by atoms with van der Waals surface area (Å²) in [7, 11) is -3.93. The normalized spacial score (nSPS) is 18.6. The molecule has 9 heteroatoms. The van der Waals surface area contributed by atoms with Crippen LogP contribution in [0.1, 0.15) is 12.5 Å². The van der Waals surface area contributed by atoms with Crippen LogP contribution >= 0.6 is 11.6 Å². The molecule has 1 aromatic carbocycles. The lowest BCUT2D eigenvalue weighted by molar-refractivity contribution is -0.901. The van der Waals surface area contributed by atoms with E-state index in [2.05, 4.69) is 0 Å². The predicted molar refractivity (Wildman–Crippen MR) is 76.5 cm³/mol. The van der Waals surface area contributed by atoms with Crippen LogP contribution in [0.5, 0.6) is 0 Å². The van der Waals surface area contributed by atoms with Crippen LogP contribution in [0.3, 0.4) is 0 Å². The highest BCUT2D eigenvalue weighted by molar-refractivity contribution is 7.89. The number of hydrogen-bond acceptors (Lipinski definition) is 2. The minimum atomic E-state index is -4.69. The molecule has 1 saturated heterocycles. The maximum absolute atomic E-state index is 12.9. The molecule has 0 aliphatic carbocycles. The van der Waals surface area contributed by atoms with E-state index >= 15 is 0 Å². The average Bonchev–Trinajstić information content (AvgIpc) is 2.46. The summed E-state index contributed by atoms with van der Waals surface area (Å²) in [6.45, 7) is 4.80. The van der Waals surface area contributed by atoms with Crippen molar-refractivity contribution in [1.82, 2.24) is 4.31 Å². The Bertz CT molecular complexity index is 641. The summed E-state index contributed by atoms with van der Waals surface area (Å²) in [5.41, 5.74) is -1.13. The van der Waals surface area contributed by atoms with Gasteiger partial charge in [0.05, 0.1) is 48.2 Å². The highest BCUT2D eigenvalue weighted by atomic mass is 35.5. The first kappa shape index (κ1) is 17.5. The van der Waals surface area contributed by atoms with Crippen molar-refractivity contribution in [3.8, 4) is 0 Å². The van der Waals surface area contributed by atoms with Crippen LogP contribution in [0, 0.1) is 0 Å². The number of alkyl halides is 3. The van der Waals surface area contributed by atoms with E-state index in [9.17, 15) is 21.6 Å². The van der Waals surface area contributed by atoms with Crippen LogP contribution in [0.2, 0.25) is 5.02 Å². The lowest BCUT2D eigenvalue weighted by Gasteiger charge is -2.31. The summed E-state index contributed by atoms with van der Waals surface area (Å²) in [6.07, 6.45) is -4.69. The molecule has 0 amide bonds. The van der Waals surface area contributed by atoms with Gasteiger partial charge in [-0.2, -0.15) is 17.5 Å². The molecule has 1 aliphatic heterocycles. The molecular weight excluding hydrogens is 341 g/mol. The smallest absolute Gasteiger partial charge is 0.333 e. The molecule has 1 fully saturated rings. The Kier molecular flexibility index (Phi) is 5.06. The van der Waals surface area contributed by atoms with Crippen molar-refractivity contribution in [3.05, 3.63) is 28.8 Å². The van der Waals surface area contributed by atoms with Crippen molar-refractivity contribution >= 4 is 21.6 Å². The molecule has 1 aliphatic rings. The number of piperazine rings is 1. The van der Waals surface area contributed by atoms with Crippen LogP contribution in [0.4, 0.5) is 13.2 Å². The fraction of sp³-hybridized carbons (Fsp3) is 0.538. The Balaban J connectivity index is 2.31. The Morgan fingerprint density at radius 1 is 1.27 bits per heavy atom. The topological polar surface area (TPSA) is 41.8 Å². The van der Waals surface area contributed by atoms with Gasteiger partial charge < -0.3 is 4.90 Å². The molecule has 1 aromatic rings. The van der Waals surface area contributed by atoms with E-state index in [1.165, 1.54) is 9.21 Å². The maximum Gasteiger partial charge on any atom is 0.417 e. The number of nitrogens with one attached hydrogen (secondary N) is 1. The molecule has 1 N–H and O–H groups in total. The number of rotatable bonds is 3. The fourth-order valence-electron chi connectivity index (χ4n) is 2.43. The summed E-state index contributed by atoms with van der Waals surface area (Å²) >= 11 is 5.52. The first-order valence-corrected chi connectivity index (χ1v) is 8.68. The predicted octanol–water partition coefficient (Wildman–Crippen LogP) is 1.27. The third-order valence-corrected chi connectivity index (χ3v) is 6.03. The van der Waals surface area contributed by atoms with E-state index < -0.39 is 26.8 Å². The first-order valence-electron chi connectivity index (χ1n) is 6.86. The molecule has 0 radical (unpaired) electrons. The number of likely N-dealkylation sites (N-methyl/N-ethyl adjacent to an activating group) is 1. The Morgan fingerprint density at radius 3 is 2.36 bits per heavy atom. The van der Waals surface area contributed by atoms with Crippen LogP contribution in [0.15, 0.2) is 23.1 Å². The fourth-order valence-corrected chi connectivity index (χ4v) is 4.12. The molecular formula is C13H17ClF3N2O2S+. The van der Waals surface area contributed by atoms with Gasteiger partial charge in [-0.3, -0.25) is 0 Å². The highest BCUT2D eigenvalue weighted by Gasteiger charge is 2.36. The average molecular weight is 358 g/mol. The molecule has 1 heterocycles. The molecule has 2 rings (SSSR count). The van der Waals surface area contributed by atoms with Crippen LogP contribution < -0.4 is 4.90 Å². The van der Waals surface area contributed by atoms with Gasteiger partial charge in [0.1, 0.15) is 0 Å². The molecule has 124 valence electrons. The minimum absolute atomic E-state index is 0.301. The summed E-state index contributed by atoms with van der Waals surface area (Å²) in [5, 5.41) is -0.508. The lowest BCUT2D eigenvalue weighted by Crippen LogP contribution is -3.14. The van der Waals surface area contributed by atoms with Gasteiger partial charge in [-0.15, -0.1) is 0 Å². The SMILES string of the molecule is CC[NH+]1CCN(S(=O)(=O)c2ccc(Cl)c(C(F)(F)F)c2)CC1. The minimum Gasteiger partial charge on any atom is -0.333 e. The molecule has 0 aromatic heterocycles. The van der Waals surface area contributed by atoms with Crippen LogP contribution in [-0.2, 0) is 16.2 Å². The standard InChI is InChI=1S/C13H16ClF3N2O2S/c1-2-18-5-7-19(8-6-18)22(20,21)10-3-4-12(14)11(9-10)13(15,16)17/h3-4,9H,2,5-8H2,1H3/p+1. The lowest BCUT2D eigenvalue weighted by atomic mass is 10.2. The van der Waals surface area contributed by atoms with E-state index in [1.54, 1.807) is 0 Å². The zero-order chi connectivity index (χ0) is 16.5. The number of quaternary nitrogens is 1. The van der Waals surface area contributed by atoms with Crippen LogP contribution in [0.25, 0.3) is 0 Å². The third kappa shape index (κ3) is 3.56. The van der Waals surface area contributed by atoms with E-state index in [0.29, 0.717) is 32.2 Å². The van der Waals surface area contributed by atoms with Gasteiger partial charge in [0.2, 0.25) is 10.0 Å². The van der Waals surface area contributed by atoms with E-state index in [-0.39, 0.29) is 4.90 Å². The second kappa shape index (κ2) is 6.35. The second-order valence-corrected chi connectivity index (χ2v) is 7.49. The molecule has 22 heavy (non-hydrogen) atoms. The molecule has 0 spiro atoms. The number of hydrogen-bond donors (Lipinski definition) is 1. The number of sulfonamides is 1. The Hall–Kier alpha value is -0.830. The number of halogens is 4. The van der Waals surface area contributed by atoms with Crippen molar-refractivity contribution in [2.75, 3.05) is 32.7 Å². The largest absolute Gasteiger partial charge is 0.417 e. The van der Waals surface area contributed by atoms with E-state index in [0.717, 1.165) is 18.7 Å². The summed E-state index contributed by atoms with van der Waals surface area (Å²) < 4.78 is 64.8. The van der Waals surface area contributed by atoms with Gasteiger partial charge in [-0.25, -0.2) is 8.42 Å². The van der Waals surface area contributed by atoms with Gasteiger partial charge >= 0.3 is 6.18 Å². The van der Waals surface area contributed by atoms with E-state index in [1.807, 2.05) is 6.92 Å². The van der Waals surface area contributed by atoms with Crippen molar-refractivity contribution < 1.29 is 26.5 Å². The van der Waals surface area contributed by atoms with Crippen molar-refractivity contribution in [3.63, 3.8) is 0 Å². The van der Waals surface area contributed by atoms with Gasteiger partial charge in [-0.1, -0.05) is 11.6 Å². The Morgan fingerprint density at radius 2 is 1.86 bits per heavy atom. The molecule has 0 saturated carbocycles. The second-order valence-electron chi connectivity index (χ2n) is 5.15. The molecule has 0 unspecified atom stereocenters. The summed E-state index contributed by atoms with van der Waals surface area (Å²) in [6, 6.07) is 2.70. The van der Waals surface area contributed by atoms with E-state index in [4.69, 9.17) is 11.6 Å². The molecule has 0 atom stereocenters. The van der Waals surface area contributed by atoms with Gasteiger partial charge in [0.25, 0.3) is 0 Å². The quantitative estimate of drug-likeness (QED) is 0.885. The van der Waals surface area contributed by atoms with Gasteiger partial charge in [0.15, 0.2) is 0 Å². The first-order chi connectivity index (χ1) is 10.2. The summed E-state index contributed by atoms with van der Waals surface area (Å²) in [5.74, 6) is 0. The van der Waals surface area contributed by atoms with Gasteiger partial charge in [0, 0.05) is 0 Å². The number of benzene rings is 1. The van der Waals surface area contributed by atoms with Crippen molar-refractivity contribution in [2.24, 2.45) is 0 Å². The van der Waals surface area contributed by atoms with Gasteiger partial charge in [-0.05, 0) is 25.1 Å². The zero-order valence-corrected chi connectivity index (χ0v) is 13.5. The molecule has 0 bridgehead atoms. The highest BCUT2D eigenvalue weighted by Crippen LogP contribution is 2.36. The third-order valence-electron chi connectivity index (χ3n) is 3.81. The maximum atomic E-state index is 12.9. The molecule has 4 nitrogen and oxygen atoms in total. The Labute approximate surface area is 132 Å². The van der Waals surface area contributed by atoms with Crippen molar-refractivity contribution in [1.29, 1.82) is 0 Å². The summed E-state index contributed by atoms with van der Waals surface area (Å²) in [4.78, 5) is 0.905. The monoisotopic (exact) mass is 357 g/mol. The number of nitrogens with zero attached hydrogens (tertiary/aromatic N) is 1. The van der Waals surface area contributed by atoms with Crippen LogP contribution in [-0.4, -0.2) is 45.4 Å². The van der Waals surface area contributed by atoms with Crippen molar-refractivity contribution in [2.45, 2.75) is 18.0 Å². The zero-order valence-electron chi connectivity index (χ0n) is 12.0.